The molecule has 0 aromatic heterocycles. The number of nitrogens with zero attached hydrogens (tertiary/aromatic N) is 1. The van der Waals surface area contributed by atoms with E-state index < -0.39 is 0 Å². The fraction of sp³-hybridized carbons (Fsp3) is 0. The smallest absolute Gasteiger partial charge is 0.131 e. The Hall–Kier alpha value is -0.340. The Morgan fingerprint density at radius 2 is 2.09 bits per heavy atom. The van der Waals surface area contributed by atoms with E-state index in [1.807, 2.05) is 18.2 Å². The van der Waals surface area contributed by atoms with E-state index in [1.165, 1.54) is 0 Å². The van der Waals surface area contributed by atoms with Gasteiger partial charge in [0.1, 0.15) is 5.38 Å². The third kappa shape index (κ3) is 1.10. The predicted molar refractivity (Wildman–Crippen MR) is 50.8 cm³/mol. The molecule has 1 heterocycles. The highest BCUT2D eigenvalue weighted by Gasteiger charge is 2.23. The van der Waals surface area contributed by atoms with Gasteiger partial charge >= 0.3 is 0 Å². The fourth-order valence-electron chi connectivity index (χ4n) is 1.02. The summed E-state index contributed by atoms with van der Waals surface area (Å²) in [5, 5.41) is 0.736. The van der Waals surface area contributed by atoms with E-state index in [2.05, 4.69) is 20.9 Å². The lowest BCUT2D eigenvalue weighted by molar-refractivity contribution is 1.30. The molecule has 2 rings (SSSR count). The van der Waals surface area contributed by atoms with E-state index in [0.717, 1.165) is 21.1 Å². The van der Waals surface area contributed by atoms with Crippen LogP contribution in [0.4, 0.5) is 0 Å². The maximum atomic E-state index is 5.98. The normalized spacial score (nSPS) is 22.5. The maximum Gasteiger partial charge on any atom is 0.131 e. The van der Waals surface area contributed by atoms with Crippen molar-refractivity contribution in [1.82, 2.24) is 0 Å². The van der Waals surface area contributed by atoms with Gasteiger partial charge in [0.15, 0.2) is 0 Å². The first-order valence-electron chi connectivity index (χ1n) is 3.14. The van der Waals surface area contributed by atoms with Gasteiger partial charge in [-0.25, -0.2) is 0 Å². The molecule has 0 unspecified atom stereocenters. The summed E-state index contributed by atoms with van der Waals surface area (Å²) >= 11 is 9.32. The third-order valence-corrected chi connectivity index (χ3v) is 2.86. The van der Waals surface area contributed by atoms with Crippen LogP contribution in [0, 0.1) is 5.38 Å². The van der Waals surface area contributed by atoms with Gasteiger partial charge in [-0.1, -0.05) is 15.9 Å². The monoisotopic (exact) mass is 228 g/mol. The molecule has 0 aromatic rings. The molecule has 0 fully saturated rings. The number of rotatable bonds is 0. The summed E-state index contributed by atoms with van der Waals surface area (Å²) in [6.45, 7) is 0. The topological polar surface area (TPSA) is 12.4 Å². The summed E-state index contributed by atoms with van der Waals surface area (Å²) in [5.41, 5.74) is 1.94. The molecule has 0 spiro atoms. The molecule has 1 aliphatic heterocycles. The summed E-state index contributed by atoms with van der Waals surface area (Å²) in [5.74, 6) is 0. The largest absolute Gasteiger partial charge is 0.257 e. The average molecular weight is 229 g/mol. The van der Waals surface area contributed by atoms with Crippen molar-refractivity contribution in [3.05, 3.63) is 39.4 Å². The molecule has 11 heavy (non-hydrogen) atoms. The number of fused-ring (bicyclic) bond motifs is 1. The van der Waals surface area contributed by atoms with Crippen LogP contribution < -0.4 is 0 Å². The zero-order chi connectivity index (χ0) is 7.84. The minimum Gasteiger partial charge on any atom is -0.257 e. The summed E-state index contributed by atoms with van der Waals surface area (Å²) in [4.78, 5) is 4.12. The van der Waals surface area contributed by atoms with Crippen molar-refractivity contribution in [1.29, 1.82) is 0 Å². The van der Waals surface area contributed by atoms with Gasteiger partial charge in [0.25, 0.3) is 0 Å². The number of halogens is 2. The molecule has 0 saturated carbocycles. The number of hydrogen-bond acceptors (Lipinski definition) is 1. The second-order valence-corrected chi connectivity index (χ2v) is 3.47. The van der Waals surface area contributed by atoms with E-state index in [0.29, 0.717) is 0 Å². The van der Waals surface area contributed by atoms with Crippen LogP contribution in [-0.4, -0.2) is 6.21 Å². The van der Waals surface area contributed by atoms with Crippen molar-refractivity contribution < 1.29 is 0 Å². The second kappa shape index (κ2) is 2.61. The van der Waals surface area contributed by atoms with Crippen LogP contribution in [0.1, 0.15) is 0 Å². The minimum absolute atomic E-state index is 0.736. The summed E-state index contributed by atoms with van der Waals surface area (Å²) in [6.07, 6.45) is 7.49. The highest BCUT2D eigenvalue weighted by atomic mass is 79.9. The molecule has 0 N–H and O–H groups in total. The van der Waals surface area contributed by atoms with E-state index in [-0.39, 0.29) is 0 Å². The van der Waals surface area contributed by atoms with Gasteiger partial charge in [-0.05, 0) is 18.2 Å². The Labute approximate surface area is 78.3 Å². The molecule has 55 valence electrons. The van der Waals surface area contributed by atoms with E-state index in [4.69, 9.17) is 11.6 Å². The SMILES string of the molecule is Cl[C]1C(Br)=CC=C2N=CC=C12. The summed E-state index contributed by atoms with van der Waals surface area (Å²) in [7, 11) is 0. The fourth-order valence-corrected chi connectivity index (χ4v) is 1.59. The van der Waals surface area contributed by atoms with Crippen LogP contribution in [0.3, 0.4) is 0 Å². The predicted octanol–water partition coefficient (Wildman–Crippen LogP) is 2.94. The lowest BCUT2D eigenvalue weighted by atomic mass is 10.1. The maximum absolute atomic E-state index is 5.98. The Bertz CT molecular complexity index is 312. The van der Waals surface area contributed by atoms with E-state index in [1.54, 1.807) is 6.21 Å². The van der Waals surface area contributed by atoms with Crippen LogP contribution in [0.15, 0.2) is 39.0 Å². The quantitative estimate of drug-likeness (QED) is 0.606. The summed E-state index contributed by atoms with van der Waals surface area (Å²) < 4.78 is 0.916. The summed E-state index contributed by atoms with van der Waals surface area (Å²) in [6, 6.07) is 0. The average Bonchev–Trinajstić information content (AvgIpc) is 2.45. The van der Waals surface area contributed by atoms with Gasteiger partial charge in [-0.2, -0.15) is 0 Å². The third-order valence-electron chi connectivity index (χ3n) is 1.56. The number of aliphatic imine (C=N–C) groups is 1. The molecule has 0 saturated heterocycles. The van der Waals surface area contributed by atoms with Crippen LogP contribution in [0.5, 0.6) is 0 Å². The molecule has 3 heteroatoms. The Kier molecular flexibility index (Phi) is 1.74. The van der Waals surface area contributed by atoms with Crippen molar-refractivity contribution in [2.24, 2.45) is 4.99 Å². The van der Waals surface area contributed by atoms with Crippen LogP contribution >= 0.6 is 27.5 Å². The zero-order valence-corrected chi connectivity index (χ0v) is 7.85. The van der Waals surface area contributed by atoms with Gasteiger partial charge in [-0.3, -0.25) is 4.99 Å². The highest BCUT2D eigenvalue weighted by Crippen LogP contribution is 2.40. The molecular weight excluding hydrogens is 225 g/mol. The lowest BCUT2D eigenvalue weighted by Crippen LogP contribution is -1.97. The van der Waals surface area contributed by atoms with Crippen molar-refractivity contribution in [3.63, 3.8) is 0 Å². The van der Waals surface area contributed by atoms with Crippen molar-refractivity contribution in [2.75, 3.05) is 0 Å². The van der Waals surface area contributed by atoms with Gasteiger partial charge in [0.2, 0.25) is 0 Å². The first-order chi connectivity index (χ1) is 5.29. The Morgan fingerprint density at radius 3 is 2.91 bits per heavy atom. The first-order valence-corrected chi connectivity index (χ1v) is 4.31. The molecule has 0 bridgehead atoms. The van der Waals surface area contributed by atoms with Gasteiger partial charge in [0, 0.05) is 16.3 Å². The standard InChI is InChI=1S/C8H4BrClN/c9-6-1-2-7-5(8(6)10)3-4-11-7/h1-4H. The van der Waals surface area contributed by atoms with Gasteiger partial charge in [0.05, 0.1) is 5.70 Å². The van der Waals surface area contributed by atoms with Crippen LogP contribution in [-0.2, 0) is 0 Å². The lowest BCUT2D eigenvalue weighted by Gasteiger charge is -2.13. The van der Waals surface area contributed by atoms with E-state index in [9.17, 15) is 0 Å². The molecule has 0 amide bonds. The van der Waals surface area contributed by atoms with Gasteiger partial charge in [-0.15, -0.1) is 11.6 Å². The Morgan fingerprint density at radius 1 is 1.27 bits per heavy atom. The molecular formula is C8H4BrClN. The first kappa shape index (κ1) is 7.32. The van der Waals surface area contributed by atoms with Crippen molar-refractivity contribution in [3.8, 4) is 0 Å². The molecule has 0 aromatic carbocycles. The molecule has 1 radical (unpaired) electrons. The molecule has 0 atom stereocenters. The zero-order valence-electron chi connectivity index (χ0n) is 5.51. The highest BCUT2D eigenvalue weighted by molar-refractivity contribution is 9.12. The molecule has 1 aliphatic carbocycles. The second-order valence-electron chi connectivity index (χ2n) is 2.24. The van der Waals surface area contributed by atoms with Crippen LogP contribution in [0.2, 0.25) is 0 Å². The number of hydrogen-bond donors (Lipinski definition) is 0. The van der Waals surface area contributed by atoms with Gasteiger partial charge < -0.3 is 0 Å². The van der Waals surface area contributed by atoms with Crippen LogP contribution in [0.25, 0.3) is 0 Å². The Balaban J connectivity index is 2.46. The van der Waals surface area contributed by atoms with Crippen molar-refractivity contribution in [2.45, 2.75) is 0 Å². The van der Waals surface area contributed by atoms with Crippen molar-refractivity contribution >= 4 is 33.7 Å². The molecule has 1 nitrogen and oxygen atoms in total. The number of allylic oxidation sites excluding steroid dienone is 5. The van der Waals surface area contributed by atoms with E-state index >= 15 is 0 Å². The molecule has 2 aliphatic rings. The minimum atomic E-state index is 0.736.